The first-order valence-electron chi connectivity index (χ1n) is 5.42. The molecule has 1 radical (unpaired) electrons. The normalized spacial score (nSPS) is 23.7. The zero-order chi connectivity index (χ0) is 10.5. The average molecular weight is 205 g/mol. The second-order valence-electron chi connectivity index (χ2n) is 3.93. The van der Waals surface area contributed by atoms with Crippen molar-refractivity contribution in [3.8, 4) is 0 Å². The molecule has 1 aromatic carbocycles. The van der Waals surface area contributed by atoms with Crippen LogP contribution in [0.4, 0.5) is 0 Å². The van der Waals surface area contributed by atoms with Crippen molar-refractivity contribution >= 4 is 0 Å². The molecule has 81 valence electrons. The van der Waals surface area contributed by atoms with E-state index < -0.39 is 0 Å². The topological polar surface area (TPSA) is 18.5 Å². The highest BCUT2D eigenvalue weighted by Gasteiger charge is 2.21. The highest BCUT2D eigenvalue weighted by Crippen LogP contribution is 2.16. The first-order valence-corrected chi connectivity index (χ1v) is 5.42. The summed E-state index contributed by atoms with van der Waals surface area (Å²) in [7, 11) is 0. The molecule has 2 nitrogen and oxygen atoms in total. The van der Waals surface area contributed by atoms with Crippen molar-refractivity contribution in [3.63, 3.8) is 0 Å². The Bertz CT molecular complexity index is 278. The minimum absolute atomic E-state index is 0.152. The fourth-order valence-corrected chi connectivity index (χ4v) is 1.83. The van der Waals surface area contributed by atoms with Crippen LogP contribution < -0.4 is 0 Å². The van der Waals surface area contributed by atoms with Crippen molar-refractivity contribution in [2.24, 2.45) is 5.92 Å². The lowest BCUT2D eigenvalue weighted by Crippen LogP contribution is -2.34. The number of ether oxygens (including phenoxy) is 2. The predicted octanol–water partition coefficient (Wildman–Crippen LogP) is 2.09. The standard InChI is InChI=1S/C13H17O2/c1-11(13-10-14-7-8-15-13)9-12-5-3-2-4-6-12/h2-6,11,13H,1,7-10H2. The van der Waals surface area contributed by atoms with Gasteiger partial charge in [0.25, 0.3) is 0 Å². The van der Waals surface area contributed by atoms with Crippen molar-refractivity contribution in [3.05, 3.63) is 42.8 Å². The zero-order valence-corrected chi connectivity index (χ0v) is 8.89. The molecule has 1 fully saturated rings. The van der Waals surface area contributed by atoms with Crippen LogP contribution in [0.1, 0.15) is 5.56 Å². The molecule has 0 N–H and O–H groups in total. The molecule has 1 aliphatic rings. The molecule has 0 amide bonds. The maximum atomic E-state index is 5.62. The Hall–Kier alpha value is -0.860. The van der Waals surface area contributed by atoms with Crippen LogP contribution in [-0.4, -0.2) is 25.9 Å². The van der Waals surface area contributed by atoms with E-state index in [0.29, 0.717) is 19.8 Å². The van der Waals surface area contributed by atoms with Crippen LogP contribution in [0.2, 0.25) is 0 Å². The Morgan fingerprint density at radius 3 is 2.73 bits per heavy atom. The first-order chi connectivity index (χ1) is 7.36. The molecule has 0 spiro atoms. The van der Waals surface area contributed by atoms with E-state index in [0.717, 1.165) is 6.42 Å². The SMILES string of the molecule is [CH2]C(Cc1ccccc1)C1COCCO1. The maximum Gasteiger partial charge on any atom is 0.0840 e. The third kappa shape index (κ3) is 3.05. The van der Waals surface area contributed by atoms with Crippen LogP contribution in [-0.2, 0) is 15.9 Å². The molecular weight excluding hydrogens is 188 g/mol. The quantitative estimate of drug-likeness (QED) is 0.752. The molecule has 0 bridgehead atoms. The second-order valence-corrected chi connectivity index (χ2v) is 3.93. The summed E-state index contributed by atoms with van der Waals surface area (Å²) in [5.74, 6) is 0.271. The fraction of sp³-hybridized carbons (Fsp3) is 0.462. The van der Waals surface area contributed by atoms with Crippen LogP contribution in [0.3, 0.4) is 0 Å². The van der Waals surface area contributed by atoms with Gasteiger partial charge in [0.05, 0.1) is 25.9 Å². The van der Waals surface area contributed by atoms with Gasteiger partial charge in [-0.3, -0.25) is 0 Å². The predicted molar refractivity (Wildman–Crippen MR) is 59.6 cm³/mol. The maximum absolute atomic E-state index is 5.62. The van der Waals surface area contributed by atoms with Gasteiger partial charge in [-0.2, -0.15) is 0 Å². The Morgan fingerprint density at radius 2 is 2.07 bits per heavy atom. The van der Waals surface area contributed by atoms with E-state index in [-0.39, 0.29) is 12.0 Å². The smallest absolute Gasteiger partial charge is 0.0840 e. The van der Waals surface area contributed by atoms with Gasteiger partial charge >= 0.3 is 0 Å². The van der Waals surface area contributed by atoms with Crippen LogP contribution in [0.5, 0.6) is 0 Å². The molecule has 2 atom stereocenters. The molecule has 0 aliphatic carbocycles. The van der Waals surface area contributed by atoms with Gasteiger partial charge in [0, 0.05) is 0 Å². The van der Waals surface area contributed by atoms with E-state index in [1.165, 1.54) is 5.56 Å². The van der Waals surface area contributed by atoms with Gasteiger partial charge in [-0.1, -0.05) is 30.3 Å². The van der Waals surface area contributed by atoms with E-state index in [1.807, 2.05) is 6.07 Å². The summed E-state index contributed by atoms with van der Waals surface area (Å²) in [5, 5.41) is 0. The lowest BCUT2D eigenvalue weighted by molar-refractivity contribution is -0.104. The van der Waals surface area contributed by atoms with E-state index in [2.05, 4.69) is 31.2 Å². The monoisotopic (exact) mass is 205 g/mol. The minimum Gasteiger partial charge on any atom is -0.376 e. The molecule has 1 aliphatic heterocycles. The van der Waals surface area contributed by atoms with Crippen molar-refractivity contribution in [1.82, 2.24) is 0 Å². The molecule has 0 saturated carbocycles. The van der Waals surface area contributed by atoms with Crippen LogP contribution in [0.15, 0.2) is 30.3 Å². The molecule has 1 heterocycles. The molecule has 2 rings (SSSR count). The van der Waals surface area contributed by atoms with Crippen LogP contribution >= 0.6 is 0 Å². The van der Waals surface area contributed by atoms with Crippen LogP contribution in [0.25, 0.3) is 0 Å². The van der Waals surface area contributed by atoms with Crippen molar-refractivity contribution in [2.75, 3.05) is 19.8 Å². The van der Waals surface area contributed by atoms with Gasteiger partial charge < -0.3 is 9.47 Å². The van der Waals surface area contributed by atoms with E-state index in [4.69, 9.17) is 9.47 Å². The largest absolute Gasteiger partial charge is 0.376 e. The summed E-state index contributed by atoms with van der Waals surface area (Å²) in [4.78, 5) is 0. The number of rotatable bonds is 3. The molecular formula is C13H17O2. The third-order valence-corrected chi connectivity index (χ3v) is 2.71. The van der Waals surface area contributed by atoms with Crippen molar-refractivity contribution in [1.29, 1.82) is 0 Å². The van der Waals surface area contributed by atoms with Crippen LogP contribution in [0, 0.1) is 12.8 Å². The number of hydrogen-bond donors (Lipinski definition) is 0. The summed E-state index contributed by atoms with van der Waals surface area (Å²) in [6.45, 7) is 6.25. The summed E-state index contributed by atoms with van der Waals surface area (Å²) < 4.78 is 11.0. The molecule has 1 aromatic rings. The summed E-state index contributed by atoms with van der Waals surface area (Å²) in [6.07, 6.45) is 1.11. The van der Waals surface area contributed by atoms with E-state index >= 15 is 0 Å². The van der Waals surface area contributed by atoms with Gasteiger partial charge in [-0.15, -0.1) is 0 Å². The van der Waals surface area contributed by atoms with Gasteiger partial charge in [0.1, 0.15) is 0 Å². The molecule has 15 heavy (non-hydrogen) atoms. The number of benzene rings is 1. The first kappa shape index (κ1) is 10.7. The van der Waals surface area contributed by atoms with E-state index in [9.17, 15) is 0 Å². The molecule has 2 heteroatoms. The molecule has 2 unspecified atom stereocenters. The van der Waals surface area contributed by atoms with Gasteiger partial charge in [-0.25, -0.2) is 0 Å². The second kappa shape index (κ2) is 5.29. The number of hydrogen-bond acceptors (Lipinski definition) is 2. The zero-order valence-electron chi connectivity index (χ0n) is 8.89. The minimum atomic E-state index is 0.152. The van der Waals surface area contributed by atoms with Gasteiger partial charge in [0.15, 0.2) is 0 Å². The summed E-state index contributed by atoms with van der Waals surface area (Å²) >= 11 is 0. The fourth-order valence-electron chi connectivity index (χ4n) is 1.83. The lowest BCUT2D eigenvalue weighted by atomic mass is 9.96. The summed E-state index contributed by atoms with van der Waals surface area (Å²) in [5.41, 5.74) is 1.31. The summed E-state index contributed by atoms with van der Waals surface area (Å²) in [6, 6.07) is 10.4. The van der Waals surface area contributed by atoms with Gasteiger partial charge in [-0.05, 0) is 24.8 Å². The van der Waals surface area contributed by atoms with Crippen molar-refractivity contribution in [2.45, 2.75) is 12.5 Å². The Balaban J connectivity index is 1.88. The average Bonchev–Trinajstić information content (AvgIpc) is 2.31. The van der Waals surface area contributed by atoms with E-state index in [1.54, 1.807) is 0 Å². The van der Waals surface area contributed by atoms with Crippen molar-refractivity contribution < 1.29 is 9.47 Å². The molecule has 1 saturated heterocycles. The Labute approximate surface area is 91.2 Å². The Morgan fingerprint density at radius 1 is 1.27 bits per heavy atom. The third-order valence-electron chi connectivity index (χ3n) is 2.71. The Kier molecular flexibility index (Phi) is 3.75. The molecule has 0 aromatic heterocycles. The van der Waals surface area contributed by atoms with Gasteiger partial charge in [0.2, 0.25) is 0 Å². The highest BCUT2D eigenvalue weighted by atomic mass is 16.6. The lowest BCUT2D eigenvalue weighted by Gasteiger charge is -2.28. The highest BCUT2D eigenvalue weighted by molar-refractivity contribution is 5.15.